The Morgan fingerprint density at radius 1 is 1.25 bits per heavy atom. The molecule has 1 aromatic carbocycles. The minimum atomic E-state index is -0.381. The van der Waals surface area contributed by atoms with Gasteiger partial charge in [-0.1, -0.05) is 50.6 Å². The summed E-state index contributed by atoms with van der Waals surface area (Å²) in [6.45, 7) is 6.40. The molecule has 1 N–H and O–H groups in total. The Labute approximate surface area is 125 Å². The predicted molar refractivity (Wildman–Crippen MR) is 85.2 cm³/mol. The van der Waals surface area contributed by atoms with Gasteiger partial charge in [0.2, 0.25) is 0 Å². The third-order valence-corrected chi connectivity index (χ3v) is 4.76. The predicted octanol–water partition coefficient (Wildman–Crippen LogP) is 4.18. The van der Waals surface area contributed by atoms with Crippen LogP contribution in [0.2, 0.25) is 0 Å². The second kappa shape index (κ2) is 7.00. The molecule has 2 rings (SSSR count). The van der Waals surface area contributed by atoms with E-state index in [-0.39, 0.29) is 12.0 Å². The third kappa shape index (κ3) is 3.68. The van der Waals surface area contributed by atoms with Crippen LogP contribution < -0.4 is 0 Å². The average Bonchev–Trinajstić information content (AvgIpc) is 2.85. The zero-order chi connectivity index (χ0) is 14.5. The van der Waals surface area contributed by atoms with Crippen molar-refractivity contribution in [3.63, 3.8) is 0 Å². The van der Waals surface area contributed by atoms with Crippen molar-refractivity contribution in [3.05, 3.63) is 52.0 Å². The first kappa shape index (κ1) is 15.2. The fourth-order valence-electron chi connectivity index (χ4n) is 2.70. The molecule has 0 radical (unpaired) electrons. The summed E-state index contributed by atoms with van der Waals surface area (Å²) < 4.78 is 0. The van der Waals surface area contributed by atoms with Crippen molar-refractivity contribution in [3.8, 4) is 0 Å². The number of hydrogen-bond acceptors (Lipinski definition) is 3. The minimum Gasteiger partial charge on any atom is -0.392 e. The summed E-state index contributed by atoms with van der Waals surface area (Å²) in [5, 5.41) is 13.8. The van der Waals surface area contributed by atoms with E-state index in [9.17, 15) is 5.11 Å². The van der Waals surface area contributed by atoms with Gasteiger partial charge in [0.1, 0.15) is 0 Å². The molecule has 0 aliphatic heterocycles. The van der Waals surface area contributed by atoms with Gasteiger partial charge >= 0.3 is 0 Å². The molecule has 0 bridgehead atoms. The van der Waals surface area contributed by atoms with Gasteiger partial charge in [0.05, 0.1) is 16.8 Å². The number of nitrogens with zero attached hydrogens (tertiary/aromatic N) is 1. The Kier molecular flexibility index (Phi) is 5.32. The largest absolute Gasteiger partial charge is 0.392 e. The van der Waals surface area contributed by atoms with Gasteiger partial charge in [-0.25, -0.2) is 4.98 Å². The Balaban J connectivity index is 2.18. The summed E-state index contributed by atoms with van der Waals surface area (Å²) >= 11 is 1.65. The first-order valence-corrected chi connectivity index (χ1v) is 8.13. The van der Waals surface area contributed by atoms with Crippen LogP contribution in [0, 0.1) is 12.8 Å². The minimum absolute atomic E-state index is 0.170. The number of aryl methyl sites for hydroxylation is 1. The lowest BCUT2D eigenvalue weighted by atomic mass is 9.80. The molecule has 1 aromatic heterocycles. The van der Waals surface area contributed by atoms with Crippen molar-refractivity contribution >= 4 is 11.3 Å². The molecule has 0 spiro atoms. The summed E-state index contributed by atoms with van der Waals surface area (Å²) in [7, 11) is 0. The molecule has 0 fully saturated rings. The Hall–Kier alpha value is -1.19. The number of rotatable bonds is 6. The number of thiazole rings is 1. The van der Waals surface area contributed by atoms with E-state index in [4.69, 9.17) is 0 Å². The Bertz CT molecular complexity index is 523. The zero-order valence-corrected chi connectivity index (χ0v) is 13.2. The quantitative estimate of drug-likeness (QED) is 0.865. The Morgan fingerprint density at radius 3 is 2.50 bits per heavy atom. The highest BCUT2D eigenvalue weighted by Crippen LogP contribution is 2.31. The van der Waals surface area contributed by atoms with Crippen LogP contribution in [-0.4, -0.2) is 16.2 Å². The molecule has 0 saturated heterocycles. The lowest BCUT2D eigenvalue weighted by molar-refractivity contribution is 0.116. The molecule has 108 valence electrons. The van der Waals surface area contributed by atoms with Gasteiger partial charge in [-0.15, -0.1) is 11.3 Å². The molecular weight excluding hydrogens is 266 g/mol. The van der Waals surface area contributed by atoms with Crippen LogP contribution in [0.3, 0.4) is 0 Å². The SMILES string of the molecule is CCC(C)C(c1ccccc1)C(O)Cc1csc(C)n1. The van der Waals surface area contributed by atoms with E-state index < -0.39 is 0 Å². The van der Waals surface area contributed by atoms with Gasteiger partial charge in [-0.2, -0.15) is 0 Å². The summed E-state index contributed by atoms with van der Waals surface area (Å²) in [4.78, 5) is 4.47. The maximum atomic E-state index is 10.7. The van der Waals surface area contributed by atoms with Gasteiger partial charge < -0.3 is 5.11 Å². The van der Waals surface area contributed by atoms with Gasteiger partial charge in [-0.05, 0) is 18.4 Å². The van der Waals surface area contributed by atoms with Crippen LogP contribution >= 0.6 is 11.3 Å². The van der Waals surface area contributed by atoms with Gasteiger partial charge in [-0.3, -0.25) is 0 Å². The van der Waals surface area contributed by atoms with Crippen molar-refractivity contribution in [2.24, 2.45) is 5.92 Å². The van der Waals surface area contributed by atoms with Crippen molar-refractivity contribution in [1.29, 1.82) is 0 Å². The molecule has 2 nitrogen and oxygen atoms in total. The van der Waals surface area contributed by atoms with Crippen molar-refractivity contribution < 1.29 is 5.11 Å². The Morgan fingerprint density at radius 2 is 1.95 bits per heavy atom. The van der Waals surface area contributed by atoms with Crippen molar-refractivity contribution in [2.45, 2.75) is 45.6 Å². The molecule has 2 aromatic rings. The van der Waals surface area contributed by atoms with Crippen LogP contribution in [-0.2, 0) is 6.42 Å². The molecule has 3 heteroatoms. The van der Waals surface area contributed by atoms with Crippen LogP contribution in [0.1, 0.15) is 42.5 Å². The van der Waals surface area contributed by atoms with Crippen molar-refractivity contribution in [2.75, 3.05) is 0 Å². The monoisotopic (exact) mass is 289 g/mol. The maximum Gasteiger partial charge on any atom is 0.0897 e. The van der Waals surface area contributed by atoms with Crippen molar-refractivity contribution in [1.82, 2.24) is 4.98 Å². The fraction of sp³-hybridized carbons (Fsp3) is 0.471. The number of aliphatic hydroxyl groups is 1. The van der Waals surface area contributed by atoms with Gasteiger partial charge in [0.15, 0.2) is 0 Å². The standard InChI is InChI=1S/C17H23NOS/c1-4-12(2)17(14-8-6-5-7-9-14)16(19)10-15-11-20-13(3)18-15/h5-9,11-12,16-17,19H,4,10H2,1-3H3. The lowest BCUT2D eigenvalue weighted by Crippen LogP contribution is -2.26. The highest BCUT2D eigenvalue weighted by Gasteiger charge is 2.26. The second-order valence-corrected chi connectivity index (χ2v) is 6.51. The maximum absolute atomic E-state index is 10.7. The van der Waals surface area contributed by atoms with Crippen LogP contribution in [0.5, 0.6) is 0 Å². The number of aliphatic hydroxyl groups excluding tert-OH is 1. The number of aromatic nitrogens is 1. The molecule has 0 saturated carbocycles. The summed E-state index contributed by atoms with van der Waals surface area (Å²) in [6.07, 6.45) is 1.31. The third-order valence-electron chi connectivity index (χ3n) is 3.94. The average molecular weight is 289 g/mol. The molecule has 3 unspecified atom stereocenters. The lowest BCUT2D eigenvalue weighted by Gasteiger charge is -2.28. The smallest absolute Gasteiger partial charge is 0.0897 e. The zero-order valence-electron chi connectivity index (χ0n) is 12.4. The van der Waals surface area contributed by atoms with E-state index in [0.29, 0.717) is 12.3 Å². The van der Waals surface area contributed by atoms with E-state index in [1.165, 1.54) is 5.56 Å². The van der Waals surface area contributed by atoms with E-state index in [2.05, 4.69) is 36.3 Å². The highest BCUT2D eigenvalue weighted by atomic mass is 32.1. The van der Waals surface area contributed by atoms with Gasteiger partial charge in [0, 0.05) is 17.7 Å². The van der Waals surface area contributed by atoms with E-state index >= 15 is 0 Å². The molecule has 0 amide bonds. The van der Waals surface area contributed by atoms with Crippen LogP contribution in [0.4, 0.5) is 0 Å². The molecule has 0 aliphatic rings. The topological polar surface area (TPSA) is 33.1 Å². The molecule has 0 aliphatic carbocycles. The first-order valence-electron chi connectivity index (χ1n) is 7.25. The van der Waals surface area contributed by atoms with Crippen LogP contribution in [0.15, 0.2) is 35.7 Å². The second-order valence-electron chi connectivity index (χ2n) is 5.45. The molecule has 3 atom stereocenters. The van der Waals surface area contributed by atoms with E-state index in [1.807, 2.05) is 25.1 Å². The number of benzene rings is 1. The summed E-state index contributed by atoms with van der Waals surface area (Å²) in [6, 6.07) is 10.3. The highest BCUT2D eigenvalue weighted by molar-refractivity contribution is 7.09. The van der Waals surface area contributed by atoms with E-state index in [1.54, 1.807) is 11.3 Å². The fourth-order valence-corrected chi connectivity index (χ4v) is 3.33. The molecular formula is C17H23NOS. The normalized spacial score (nSPS) is 15.8. The van der Waals surface area contributed by atoms with Crippen LogP contribution in [0.25, 0.3) is 0 Å². The summed E-state index contributed by atoms with van der Waals surface area (Å²) in [5.74, 6) is 0.621. The summed E-state index contributed by atoms with van der Waals surface area (Å²) in [5.41, 5.74) is 2.23. The number of hydrogen-bond donors (Lipinski definition) is 1. The van der Waals surface area contributed by atoms with Gasteiger partial charge in [0.25, 0.3) is 0 Å². The van der Waals surface area contributed by atoms with E-state index in [0.717, 1.165) is 17.1 Å². The molecule has 20 heavy (non-hydrogen) atoms. The molecule has 1 heterocycles. The first-order chi connectivity index (χ1) is 9.61.